The van der Waals surface area contributed by atoms with Gasteiger partial charge in [0.2, 0.25) is 0 Å². The van der Waals surface area contributed by atoms with Gasteiger partial charge in [0.25, 0.3) is 0 Å². The Labute approximate surface area is 97.3 Å². The van der Waals surface area contributed by atoms with Crippen molar-refractivity contribution < 1.29 is 4.84 Å². The molecule has 1 aromatic rings. The van der Waals surface area contributed by atoms with Gasteiger partial charge in [-0.05, 0) is 30.9 Å². The lowest BCUT2D eigenvalue weighted by Crippen LogP contribution is -1.96. The highest BCUT2D eigenvalue weighted by Gasteiger charge is 2.13. The third-order valence-corrected chi connectivity index (χ3v) is 3.14. The van der Waals surface area contributed by atoms with Crippen LogP contribution >= 0.6 is 0 Å². The summed E-state index contributed by atoms with van der Waals surface area (Å²) in [6, 6.07) is 8.21. The first-order chi connectivity index (χ1) is 7.86. The number of aryl methyl sites for hydroxylation is 1. The van der Waals surface area contributed by atoms with Gasteiger partial charge in [-0.1, -0.05) is 42.3 Å². The second-order valence-corrected chi connectivity index (χ2v) is 4.40. The van der Waals surface area contributed by atoms with Crippen molar-refractivity contribution in [2.75, 3.05) is 0 Å². The van der Waals surface area contributed by atoms with Crippen LogP contribution in [-0.4, -0.2) is 6.21 Å². The Balaban J connectivity index is 1.77. The number of nitrogens with zero attached hydrogens (tertiary/aromatic N) is 1. The van der Waals surface area contributed by atoms with E-state index in [2.05, 4.69) is 30.4 Å². The molecule has 2 rings (SSSR count). The van der Waals surface area contributed by atoms with E-state index in [0.29, 0.717) is 12.5 Å². The molecule has 1 radical (unpaired) electrons. The van der Waals surface area contributed by atoms with Crippen LogP contribution in [0, 0.1) is 12.8 Å². The number of hydrogen-bond acceptors (Lipinski definition) is 2. The normalized spacial score (nSPS) is 17.1. The molecule has 1 aliphatic rings. The van der Waals surface area contributed by atoms with Crippen LogP contribution in [0.4, 0.5) is 0 Å². The Morgan fingerprint density at radius 3 is 2.81 bits per heavy atom. The van der Waals surface area contributed by atoms with Crippen LogP contribution in [0.3, 0.4) is 0 Å². The van der Waals surface area contributed by atoms with Crippen LogP contribution in [-0.2, 0) is 11.4 Å². The molecule has 1 saturated carbocycles. The average Bonchev–Trinajstić information content (AvgIpc) is 2.79. The number of hydrogen-bond donors (Lipinski definition) is 0. The highest BCUT2D eigenvalue weighted by molar-refractivity contribution is 5.60. The zero-order chi connectivity index (χ0) is 11.2. The Hall–Kier alpha value is -1.31. The first kappa shape index (κ1) is 11.2. The summed E-state index contributed by atoms with van der Waals surface area (Å²) in [6.45, 7) is 2.63. The van der Waals surface area contributed by atoms with E-state index in [-0.39, 0.29) is 0 Å². The van der Waals surface area contributed by atoms with Gasteiger partial charge in [-0.15, -0.1) is 0 Å². The van der Waals surface area contributed by atoms with Gasteiger partial charge in [-0.3, -0.25) is 0 Å². The molecule has 2 nitrogen and oxygen atoms in total. The first-order valence-corrected chi connectivity index (χ1v) is 5.98. The van der Waals surface area contributed by atoms with Crippen LogP contribution in [0.5, 0.6) is 0 Å². The summed E-state index contributed by atoms with van der Waals surface area (Å²) < 4.78 is 0. The monoisotopic (exact) mass is 216 g/mol. The van der Waals surface area contributed by atoms with Crippen molar-refractivity contribution in [1.82, 2.24) is 0 Å². The first-order valence-electron chi connectivity index (χ1n) is 5.98. The van der Waals surface area contributed by atoms with E-state index in [4.69, 9.17) is 4.84 Å². The maximum Gasteiger partial charge on any atom is 0.142 e. The molecule has 0 N–H and O–H groups in total. The van der Waals surface area contributed by atoms with Gasteiger partial charge in [0.1, 0.15) is 12.8 Å². The average molecular weight is 216 g/mol. The Morgan fingerprint density at radius 1 is 1.31 bits per heavy atom. The van der Waals surface area contributed by atoms with Gasteiger partial charge >= 0.3 is 0 Å². The Kier molecular flexibility index (Phi) is 3.97. The maximum absolute atomic E-state index is 5.28. The molecule has 0 amide bonds. The summed E-state index contributed by atoms with van der Waals surface area (Å²) >= 11 is 0. The minimum absolute atomic E-state index is 0.525. The molecule has 1 fully saturated rings. The highest BCUT2D eigenvalue weighted by atomic mass is 16.6. The van der Waals surface area contributed by atoms with E-state index in [9.17, 15) is 0 Å². The second kappa shape index (κ2) is 5.69. The van der Waals surface area contributed by atoms with E-state index in [0.717, 1.165) is 0 Å². The lowest BCUT2D eigenvalue weighted by molar-refractivity contribution is 0.130. The van der Waals surface area contributed by atoms with Crippen molar-refractivity contribution >= 4 is 6.21 Å². The molecule has 2 heteroatoms. The minimum atomic E-state index is 0.525. The lowest BCUT2D eigenvalue weighted by Gasteiger charge is -2.03. The van der Waals surface area contributed by atoms with Crippen molar-refractivity contribution in [1.29, 1.82) is 0 Å². The molecule has 0 bridgehead atoms. The van der Waals surface area contributed by atoms with Gasteiger partial charge in [0, 0.05) is 5.92 Å². The van der Waals surface area contributed by atoms with Crippen LogP contribution in [0.1, 0.15) is 36.8 Å². The number of benzene rings is 1. The minimum Gasteiger partial charge on any atom is -0.391 e. The van der Waals surface area contributed by atoms with Crippen LogP contribution < -0.4 is 0 Å². The smallest absolute Gasteiger partial charge is 0.142 e. The predicted molar refractivity (Wildman–Crippen MR) is 65.4 cm³/mol. The molecule has 0 aromatic heterocycles. The fourth-order valence-electron chi connectivity index (χ4n) is 2.04. The van der Waals surface area contributed by atoms with Crippen LogP contribution in [0.25, 0.3) is 0 Å². The summed E-state index contributed by atoms with van der Waals surface area (Å²) in [5.41, 5.74) is 2.44. The molecule has 0 atom stereocenters. The molecule has 0 unspecified atom stereocenters. The standard InChI is InChI=1S/C14H18NO/c1-12-6-2-5-9-14(12)11-16-15-10-13-7-3-4-8-13/h2,5-6,9,13H,3-4,7-8,11H2,1H3. The summed E-state index contributed by atoms with van der Waals surface area (Å²) in [7, 11) is 0. The SMILES string of the molecule is Cc1ccccc1CO/N=[C]\C1CCCC1. The molecule has 85 valence electrons. The van der Waals surface area contributed by atoms with Gasteiger partial charge in [0.05, 0.1) is 0 Å². The quantitative estimate of drug-likeness (QED) is 0.557. The zero-order valence-electron chi connectivity index (χ0n) is 9.78. The molecule has 0 spiro atoms. The van der Waals surface area contributed by atoms with Gasteiger partial charge in [-0.2, -0.15) is 0 Å². The third kappa shape index (κ3) is 3.09. The molecule has 1 aliphatic carbocycles. The fourth-order valence-corrected chi connectivity index (χ4v) is 2.04. The summed E-state index contributed by atoms with van der Waals surface area (Å²) in [4.78, 5) is 5.28. The van der Waals surface area contributed by atoms with E-state index >= 15 is 0 Å². The predicted octanol–water partition coefficient (Wildman–Crippen LogP) is 3.56. The van der Waals surface area contributed by atoms with Gasteiger partial charge in [0.15, 0.2) is 0 Å². The molecular weight excluding hydrogens is 198 g/mol. The van der Waals surface area contributed by atoms with Crippen LogP contribution in [0.2, 0.25) is 0 Å². The molecule has 0 aliphatic heterocycles. The topological polar surface area (TPSA) is 21.6 Å². The third-order valence-electron chi connectivity index (χ3n) is 3.14. The largest absolute Gasteiger partial charge is 0.391 e. The molecule has 0 saturated heterocycles. The maximum atomic E-state index is 5.28. The Morgan fingerprint density at radius 2 is 2.06 bits per heavy atom. The summed E-state index contributed by atoms with van der Waals surface area (Å²) in [6.07, 6.45) is 8.13. The summed E-state index contributed by atoms with van der Waals surface area (Å²) in [5.74, 6) is 0.525. The fraction of sp³-hybridized carbons (Fsp3) is 0.500. The van der Waals surface area contributed by atoms with E-state index in [1.54, 1.807) is 0 Å². The van der Waals surface area contributed by atoms with Crippen molar-refractivity contribution in [3.05, 3.63) is 35.4 Å². The van der Waals surface area contributed by atoms with Crippen molar-refractivity contribution in [2.24, 2.45) is 11.1 Å². The second-order valence-electron chi connectivity index (χ2n) is 4.40. The molecule has 0 heterocycles. The van der Waals surface area contributed by atoms with Crippen molar-refractivity contribution in [3.8, 4) is 0 Å². The zero-order valence-corrected chi connectivity index (χ0v) is 9.78. The lowest BCUT2D eigenvalue weighted by atomic mass is 10.1. The Bertz CT molecular complexity index is 354. The van der Waals surface area contributed by atoms with Gasteiger partial charge < -0.3 is 4.84 Å². The number of rotatable bonds is 4. The van der Waals surface area contributed by atoms with E-state index < -0.39 is 0 Å². The van der Waals surface area contributed by atoms with E-state index in [1.165, 1.54) is 36.8 Å². The van der Waals surface area contributed by atoms with E-state index in [1.807, 2.05) is 12.1 Å². The van der Waals surface area contributed by atoms with Crippen molar-refractivity contribution in [2.45, 2.75) is 39.2 Å². The summed E-state index contributed by atoms with van der Waals surface area (Å²) in [5, 5.41) is 3.94. The molecule has 1 aromatic carbocycles. The van der Waals surface area contributed by atoms with Crippen LogP contribution in [0.15, 0.2) is 29.4 Å². The molecule has 16 heavy (non-hydrogen) atoms. The van der Waals surface area contributed by atoms with Gasteiger partial charge in [-0.25, -0.2) is 0 Å². The van der Waals surface area contributed by atoms with Crippen molar-refractivity contribution in [3.63, 3.8) is 0 Å². The highest BCUT2D eigenvalue weighted by Crippen LogP contribution is 2.22. The molecular formula is C14H18NO.